The molecule has 0 fully saturated rings. The molecular weight excluding hydrogens is 277 g/mol. The second-order valence-electron chi connectivity index (χ2n) is 3.84. The average Bonchev–Trinajstić information content (AvgIpc) is 2.36. The lowest BCUT2D eigenvalue weighted by atomic mass is 10.1. The van der Waals surface area contributed by atoms with Crippen molar-refractivity contribution < 1.29 is 23.1 Å². The number of rotatable bonds is 2. The molecule has 1 aromatic carbocycles. The van der Waals surface area contributed by atoms with Gasteiger partial charge in [0.15, 0.2) is 0 Å². The number of halogens is 3. The van der Waals surface area contributed by atoms with E-state index in [0.717, 1.165) is 29.2 Å². The van der Waals surface area contributed by atoms with Crippen LogP contribution in [0, 0.1) is 0 Å². The van der Waals surface area contributed by atoms with Crippen LogP contribution >= 0.6 is 0 Å². The van der Waals surface area contributed by atoms with E-state index in [2.05, 4.69) is 4.98 Å². The number of carboxylic acids is 1. The van der Waals surface area contributed by atoms with E-state index in [0.29, 0.717) is 12.1 Å². The first-order valence-corrected chi connectivity index (χ1v) is 5.28. The molecule has 1 N–H and O–H groups in total. The van der Waals surface area contributed by atoms with Crippen LogP contribution in [0.3, 0.4) is 0 Å². The predicted molar refractivity (Wildman–Crippen MR) is 64.0 cm³/mol. The third-order valence-electron chi connectivity index (χ3n) is 2.49. The maximum absolute atomic E-state index is 12.6. The van der Waals surface area contributed by atoms with E-state index in [-0.39, 0.29) is 10.9 Å². The molecule has 0 aliphatic rings. The Hall–Kier alpha value is -2.64. The van der Waals surface area contributed by atoms with Gasteiger partial charge in [-0.2, -0.15) is 13.2 Å². The molecule has 0 aliphatic heterocycles. The highest BCUT2D eigenvalue weighted by Crippen LogP contribution is 2.30. The summed E-state index contributed by atoms with van der Waals surface area (Å²) in [4.78, 5) is 26.1. The lowest BCUT2D eigenvalue weighted by Crippen LogP contribution is -2.17. The molecule has 0 atom stereocenters. The fraction of sp³-hybridized carbons (Fsp3) is 0.0833. The lowest BCUT2D eigenvalue weighted by Gasteiger charge is -2.07. The summed E-state index contributed by atoms with van der Waals surface area (Å²) in [5, 5.41) is 8.22. The largest absolute Gasteiger partial charge is 0.478 e. The molecule has 8 heteroatoms. The van der Waals surface area contributed by atoms with Gasteiger partial charge in [-0.3, -0.25) is 9.36 Å². The van der Waals surface area contributed by atoms with Gasteiger partial charge in [-0.1, -0.05) is 0 Å². The molecule has 1 heterocycles. The zero-order valence-corrected chi connectivity index (χ0v) is 9.76. The van der Waals surface area contributed by atoms with Crippen molar-refractivity contribution in [2.75, 3.05) is 0 Å². The summed E-state index contributed by atoms with van der Waals surface area (Å²) in [5.41, 5.74) is -1.65. The van der Waals surface area contributed by atoms with Gasteiger partial charge in [0.2, 0.25) is 0 Å². The molecule has 2 rings (SSSR count). The van der Waals surface area contributed by atoms with E-state index in [4.69, 9.17) is 5.11 Å². The number of hydrogen-bond acceptors (Lipinski definition) is 3. The fourth-order valence-corrected chi connectivity index (χ4v) is 1.56. The number of nitrogens with zero attached hydrogens (tertiary/aromatic N) is 2. The Morgan fingerprint density at radius 3 is 2.65 bits per heavy atom. The van der Waals surface area contributed by atoms with Crippen LogP contribution in [0.1, 0.15) is 5.56 Å². The van der Waals surface area contributed by atoms with Gasteiger partial charge >= 0.3 is 12.1 Å². The summed E-state index contributed by atoms with van der Waals surface area (Å²) in [6.45, 7) is 0. The summed E-state index contributed by atoms with van der Waals surface area (Å²) in [6, 6.07) is 2.60. The molecule has 0 amide bonds. The number of aliphatic carboxylic acids is 1. The monoisotopic (exact) mass is 284 g/mol. The van der Waals surface area contributed by atoms with Gasteiger partial charge in [0.25, 0.3) is 5.56 Å². The number of benzene rings is 1. The van der Waals surface area contributed by atoms with E-state index in [9.17, 15) is 22.8 Å². The maximum Gasteiger partial charge on any atom is 0.416 e. The van der Waals surface area contributed by atoms with Crippen molar-refractivity contribution in [2.24, 2.45) is 0 Å². The molecule has 20 heavy (non-hydrogen) atoms. The van der Waals surface area contributed by atoms with Crippen LogP contribution in [0.25, 0.3) is 17.1 Å². The first kappa shape index (κ1) is 13.8. The SMILES string of the molecule is O=C(O)C=Cn1cnc2ccc(C(F)(F)F)cc2c1=O. The Labute approximate surface area is 109 Å². The van der Waals surface area contributed by atoms with Crippen LogP contribution < -0.4 is 5.56 Å². The van der Waals surface area contributed by atoms with Crippen LogP contribution in [-0.2, 0) is 11.0 Å². The summed E-state index contributed by atoms with van der Waals surface area (Å²) in [5.74, 6) is -1.29. The van der Waals surface area contributed by atoms with Crippen LogP contribution in [0.2, 0.25) is 0 Å². The van der Waals surface area contributed by atoms with Gasteiger partial charge in [-0.05, 0) is 18.2 Å². The summed E-state index contributed by atoms with van der Waals surface area (Å²) in [7, 11) is 0. The average molecular weight is 284 g/mol. The molecular formula is C12H7F3N2O3. The van der Waals surface area contributed by atoms with Crippen molar-refractivity contribution in [1.29, 1.82) is 0 Å². The molecule has 0 radical (unpaired) electrons. The van der Waals surface area contributed by atoms with Gasteiger partial charge in [0, 0.05) is 12.3 Å². The molecule has 104 valence electrons. The number of carbonyl (C=O) groups is 1. The number of hydrogen-bond donors (Lipinski definition) is 1. The highest BCUT2D eigenvalue weighted by atomic mass is 19.4. The Morgan fingerprint density at radius 1 is 1.35 bits per heavy atom. The quantitative estimate of drug-likeness (QED) is 0.856. The van der Waals surface area contributed by atoms with E-state index < -0.39 is 23.3 Å². The third-order valence-corrected chi connectivity index (χ3v) is 2.49. The van der Waals surface area contributed by atoms with E-state index >= 15 is 0 Å². The van der Waals surface area contributed by atoms with Crippen molar-refractivity contribution in [1.82, 2.24) is 9.55 Å². The molecule has 0 saturated heterocycles. The number of alkyl halides is 3. The zero-order chi connectivity index (χ0) is 14.9. The Bertz CT molecular complexity index is 763. The van der Waals surface area contributed by atoms with Crippen molar-refractivity contribution in [3.05, 3.63) is 46.5 Å². The topological polar surface area (TPSA) is 72.2 Å². The summed E-state index contributed by atoms with van der Waals surface area (Å²) < 4.78 is 38.5. The Morgan fingerprint density at radius 2 is 2.05 bits per heavy atom. The second kappa shape index (κ2) is 4.80. The van der Waals surface area contributed by atoms with Gasteiger partial charge in [-0.25, -0.2) is 9.78 Å². The van der Waals surface area contributed by atoms with Crippen molar-refractivity contribution >= 4 is 23.1 Å². The molecule has 1 aromatic heterocycles. The van der Waals surface area contributed by atoms with E-state index in [1.165, 1.54) is 0 Å². The van der Waals surface area contributed by atoms with Crippen molar-refractivity contribution in [3.63, 3.8) is 0 Å². The molecule has 0 saturated carbocycles. The van der Waals surface area contributed by atoms with Gasteiger partial charge in [0.05, 0.1) is 16.5 Å². The van der Waals surface area contributed by atoms with Gasteiger partial charge < -0.3 is 5.11 Å². The van der Waals surface area contributed by atoms with E-state index in [1.807, 2.05) is 0 Å². The molecule has 0 bridgehead atoms. The molecule has 2 aromatic rings. The summed E-state index contributed by atoms with van der Waals surface area (Å²) >= 11 is 0. The number of carboxylic acid groups (broad SMARTS) is 1. The van der Waals surface area contributed by atoms with Crippen LogP contribution in [-0.4, -0.2) is 20.6 Å². The predicted octanol–water partition coefficient (Wildman–Crippen LogP) is 1.97. The molecule has 0 aliphatic carbocycles. The molecule has 0 spiro atoms. The van der Waals surface area contributed by atoms with Crippen LogP contribution in [0.4, 0.5) is 13.2 Å². The second-order valence-corrected chi connectivity index (χ2v) is 3.84. The Kier molecular flexibility index (Phi) is 3.31. The maximum atomic E-state index is 12.6. The summed E-state index contributed by atoms with van der Waals surface area (Å²) in [6.07, 6.45) is -1.94. The number of aromatic nitrogens is 2. The van der Waals surface area contributed by atoms with Gasteiger partial charge in [-0.15, -0.1) is 0 Å². The first-order chi connectivity index (χ1) is 9.29. The van der Waals surface area contributed by atoms with Crippen molar-refractivity contribution in [2.45, 2.75) is 6.18 Å². The minimum atomic E-state index is -4.57. The third kappa shape index (κ3) is 2.68. The highest BCUT2D eigenvalue weighted by molar-refractivity contribution is 5.83. The smallest absolute Gasteiger partial charge is 0.416 e. The lowest BCUT2D eigenvalue weighted by molar-refractivity contribution is -0.137. The Balaban J connectivity index is 2.64. The molecule has 5 nitrogen and oxygen atoms in total. The standard InChI is InChI=1S/C12H7F3N2O3/c13-12(14,15)7-1-2-9-8(5-7)11(20)17(6-16-9)4-3-10(18)19/h1-6H,(H,18,19). The fourth-order valence-electron chi connectivity index (χ4n) is 1.56. The highest BCUT2D eigenvalue weighted by Gasteiger charge is 2.30. The zero-order valence-electron chi connectivity index (χ0n) is 9.76. The van der Waals surface area contributed by atoms with Crippen molar-refractivity contribution in [3.8, 4) is 0 Å². The van der Waals surface area contributed by atoms with Gasteiger partial charge in [0.1, 0.15) is 6.33 Å². The number of fused-ring (bicyclic) bond motifs is 1. The minimum absolute atomic E-state index is 0.1000. The van der Waals surface area contributed by atoms with E-state index in [1.54, 1.807) is 0 Å². The van der Waals surface area contributed by atoms with Crippen LogP contribution in [0.15, 0.2) is 35.4 Å². The minimum Gasteiger partial charge on any atom is -0.478 e. The molecule has 0 unspecified atom stereocenters. The first-order valence-electron chi connectivity index (χ1n) is 5.28. The normalized spacial score (nSPS) is 12.2. The van der Waals surface area contributed by atoms with Crippen LogP contribution in [0.5, 0.6) is 0 Å².